The van der Waals surface area contributed by atoms with Crippen LogP contribution in [-0.2, 0) is 19.1 Å². The predicted molar refractivity (Wildman–Crippen MR) is 79.2 cm³/mol. The number of carbonyl (C=O) groups is 2. The van der Waals surface area contributed by atoms with Crippen LogP contribution in [0.3, 0.4) is 0 Å². The lowest BCUT2D eigenvalue weighted by atomic mass is 10.0. The molecule has 0 heterocycles. The number of rotatable bonds is 10. The Morgan fingerprint density at radius 3 is 2.00 bits per heavy atom. The van der Waals surface area contributed by atoms with Crippen molar-refractivity contribution in [1.29, 1.82) is 0 Å². The number of carbonyl (C=O) groups excluding carboxylic acids is 2. The third-order valence-corrected chi connectivity index (χ3v) is 2.92. The van der Waals surface area contributed by atoms with Crippen LogP contribution in [0.4, 0.5) is 0 Å². The lowest BCUT2D eigenvalue weighted by Crippen LogP contribution is -2.13. The second-order valence-electron chi connectivity index (χ2n) is 5.40. The number of ether oxygens (including phenoxy) is 2. The van der Waals surface area contributed by atoms with Crippen molar-refractivity contribution in [3.05, 3.63) is 12.2 Å². The fourth-order valence-electron chi connectivity index (χ4n) is 1.58. The van der Waals surface area contributed by atoms with Crippen LogP contribution < -0.4 is 0 Å². The van der Waals surface area contributed by atoms with Gasteiger partial charge in [0.25, 0.3) is 0 Å². The van der Waals surface area contributed by atoms with Crippen LogP contribution in [0.1, 0.15) is 53.4 Å². The van der Waals surface area contributed by atoms with Gasteiger partial charge in [-0.3, -0.25) is 0 Å². The van der Waals surface area contributed by atoms with Crippen LogP contribution in [-0.4, -0.2) is 25.2 Å². The second-order valence-corrected chi connectivity index (χ2v) is 5.40. The Morgan fingerprint density at radius 1 is 1.00 bits per heavy atom. The van der Waals surface area contributed by atoms with Gasteiger partial charge in [-0.2, -0.15) is 0 Å². The monoisotopic (exact) mass is 284 g/mol. The maximum absolute atomic E-state index is 11.5. The molecule has 0 spiro atoms. The Labute approximate surface area is 122 Å². The van der Waals surface area contributed by atoms with Crippen molar-refractivity contribution in [3.63, 3.8) is 0 Å². The third kappa shape index (κ3) is 10.6. The van der Waals surface area contributed by atoms with Crippen LogP contribution in [0, 0.1) is 11.8 Å². The summed E-state index contributed by atoms with van der Waals surface area (Å²) in [7, 11) is 0. The summed E-state index contributed by atoms with van der Waals surface area (Å²) in [6.07, 6.45) is 6.61. The molecule has 0 aliphatic heterocycles. The Kier molecular flexibility index (Phi) is 10.7. The molecule has 0 radical (unpaired) electrons. The van der Waals surface area contributed by atoms with E-state index in [9.17, 15) is 9.59 Å². The average molecular weight is 284 g/mol. The molecule has 0 aromatic rings. The zero-order valence-corrected chi connectivity index (χ0v) is 13.2. The molecule has 1 atom stereocenters. The van der Waals surface area contributed by atoms with E-state index < -0.39 is 11.9 Å². The lowest BCUT2D eigenvalue weighted by Gasteiger charge is -2.13. The fourth-order valence-corrected chi connectivity index (χ4v) is 1.58. The molecule has 4 nitrogen and oxygen atoms in total. The van der Waals surface area contributed by atoms with Gasteiger partial charge in [0.15, 0.2) is 0 Å². The van der Waals surface area contributed by atoms with E-state index in [2.05, 4.69) is 13.8 Å². The van der Waals surface area contributed by atoms with Crippen molar-refractivity contribution in [2.75, 3.05) is 13.2 Å². The molecular weight excluding hydrogens is 256 g/mol. The number of hydrogen-bond donors (Lipinski definition) is 0. The first-order valence-corrected chi connectivity index (χ1v) is 7.51. The van der Waals surface area contributed by atoms with Gasteiger partial charge in [0.2, 0.25) is 0 Å². The largest absolute Gasteiger partial charge is 0.462 e. The normalized spacial score (nSPS) is 12.7. The van der Waals surface area contributed by atoms with Crippen molar-refractivity contribution < 1.29 is 19.1 Å². The summed E-state index contributed by atoms with van der Waals surface area (Å²) in [6.45, 7) is 8.91. The Hall–Kier alpha value is -1.32. The van der Waals surface area contributed by atoms with E-state index in [4.69, 9.17) is 9.47 Å². The highest BCUT2D eigenvalue weighted by atomic mass is 16.5. The Balaban J connectivity index is 3.93. The molecule has 0 aliphatic rings. The molecule has 0 amide bonds. The quantitative estimate of drug-likeness (QED) is 0.455. The summed E-state index contributed by atoms with van der Waals surface area (Å²) >= 11 is 0. The van der Waals surface area contributed by atoms with Crippen LogP contribution in [0.25, 0.3) is 0 Å². The minimum absolute atomic E-state index is 0.281. The number of unbranched alkanes of at least 4 members (excludes halogenated alkanes) is 1. The highest BCUT2D eigenvalue weighted by molar-refractivity contribution is 5.91. The van der Waals surface area contributed by atoms with Crippen molar-refractivity contribution in [1.82, 2.24) is 0 Å². The molecule has 0 aromatic carbocycles. The van der Waals surface area contributed by atoms with Crippen molar-refractivity contribution in [2.24, 2.45) is 11.8 Å². The van der Waals surface area contributed by atoms with Crippen LogP contribution in [0.2, 0.25) is 0 Å². The topological polar surface area (TPSA) is 52.6 Å². The van der Waals surface area contributed by atoms with E-state index in [1.165, 1.54) is 0 Å². The molecule has 0 saturated heterocycles. The van der Waals surface area contributed by atoms with Crippen LogP contribution in [0.15, 0.2) is 12.2 Å². The van der Waals surface area contributed by atoms with Crippen molar-refractivity contribution >= 4 is 11.9 Å². The zero-order valence-electron chi connectivity index (χ0n) is 13.2. The maximum Gasteiger partial charge on any atom is 0.331 e. The van der Waals surface area contributed by atoms with Crippen LogP contribution >= 0.6 is 0 Å². The van der Waals surface area contributed by atoms with E-state index in [0.29, 0.717) is 19.1 Å². The van der Waals surface area contributed by atoms with Gasteiger partial charge in [-0.1, -0.05) is 47.0 Å². The summed E-state index contributed by atoms with van der Waals surface area (Å²) in [6, 6.07) is 0. The molecule has 20 heavy (non-hydrogen) atoms. The van der Waals surface area contributed by atoms with Gasteiger partial charge in [-0.15, -0.1) is 0 Å². The summed E-state index contributed by atoms with van der Waals surface area (Å²) < 4.78 is 10.1. The highest BCUT2D eigenvalue weighted by Crippen LogP contribution is 2.12. The SMILES string of the molecule is CCCCC(CC)COC(=O)/C=C/C(=O)OCC(C)C. The van der Waals surface area contributed by atoms with E-state index in [1.807, 2.05) is 13.8 Å². The molecule has 1 unspecified atom stereocenters. The van der Waals surface area contributed by atoms with Gasteiger partial charge >= 0.3 is 11.9 Å². The first-order chi connectivity index (χ1) is 9.49. The minimum atomic E-state index is -0.506. The molecule has 116 valence electrons. The highest BCUT2D eigenvalue weighted by Gasteiger charge is 2.08. The summed E-state index contributed by atoms with van der Waals surface area (Å²) in [5.74, 6) is -0.307. The van der Waals surface area contributed by atoms with Gasteiger partial charge in [0, 0.05) is 12.2 Å². The van der Waals surface area contributed by atoms with E-state index in [1.54, 1.807) is 0 Å². The van der Waals surface area contributed by atoms with Crippen molar-refractivity contribution in [3.8, 4) is 0 Å². The third-order valence-electron chi connectivity index (χ3n) is 2.92. The maximum atomic E-state index is 11.5. The molecular formula is C16H28O4. The molecule has 0 rings (SSSR count). The summed E-state index contributed by atoms with van der Waals surface area (Å²) in [4.78, 5) is 22.7. The first kappa shape index (κ1) is 18.7. The molecule has 0 bridgehead atoms. The van der Waals surface area contributed by atoms with Gasteiger partial charge in [-0.05, 0) is 18.3 Å². The van der Waals surface area contributed by atoms with Gasteiger partial charge < -0.3 is 9.47 Å². The molecule has 0 N–H and O–H groups in total. The molecule has 0 aromatic heterocycles. The molecule has 0 saturated carbocycles. The second kappa shape index (κ2) is 11.5. The first-order valence-electron chi connectivity index (χ1n) is 7.51. The Morgan fingerprint density at radius 2 is 1.55 bits per heavy atom. The van der Waals surface area contributed by atoms with E-state index in [0.717, 1.165) is 37.8 Å². The Bertz CT molecular complexity index is 308. The van der Waals surface area contributed by atoms with E-state index >= 15 is 0 Å². The van der Waals surface area contributed by atoms with E-state index in [-0.39, 0.29) is 5.92 Å². The number of esters is 2. The smallest absolute Gasteiger partial charge is 0.331 e. The average Bonchev–Trinajstić information content (AvgIpc) is 2.43. The minimum Gasteiger partial charge on any atom is -0.462 e. The van der Waals surface area contributed by atoms with Gasteiger partial charge in [0.1, 0.15) is 0 Å². The standard InChI is InChI=1S/C16H28O4/c1-5-7-8-14(6-2)12-20-16(18)10-9-15(17)19-11-13(3)4/h9-10,13-14H,5-8,11-12H2,1-4H3/b10-9+. The summed E-state index contributed by atoms with van der Waals surface area (Å²) in [5.41, 5.74) is 0. The zero-order chi connectivity index (χ0) is 15.4. The molecule has 0 fully saturated rings. The molecule has 0 aliphatic carbocycles. The van der Waals surface area contributed by atoms with Crippen LogP contribution in [0.5, 0.6) is 0 Å². The predicted octanol–water partition coefficient (Wildman–Crippen LogP) is 3.50. The summed E-state index contributed by atoms with van der Waals surface area (Å²) in [5, 5.41) is 0. The number of hydrogen-bond acceptors (Lipinski definition) is 4. The fraction of sp³-hybridized carbons (Fsp3) is 0.750. The van der Waals surface area contributed by atoms with Gasteiger partial charge in [-0.25, -0.2) is 9.59 Å². The molecule has 4 heteroatoms. The lowest BCUT2D eigenvalue weighted by molar-refractivity contribution is -0.141. The van der Waals surface area contributed by atoms with Gasteiger partial charge in [0.05, 0.1) is 13.2 Å². The van der Waals surface area contributed by atoms with Crippen molar-refractivity contribution in [2.45, 2.75) is 53.4 Å².